The van der Waals surface area contributed by atoms with E-state index in [2.05, 4.69) is 18.7 Å². The van der Waals surface area contributed by atoms with Crippen LogP contribution in [0.4, 0.5) is 0 Å². The summed E-state index contributed by atoms with van der Waals surface area (Å²) in [5.74, 6) is 0.739. The predicted octanol–water partition coefficient (Wildman–Crippen LogP) is 1.75. The summed E-state index contributed by atoms with van der Waals surface area (Å²) in [5.41, 5.74) is 0.0775. The van der Waals surface area contributed by atoms with E-state index in [9.17, 15) is 5.11 Å². The molecule has 0 spiro atoms. The van der Waals surface area contributed by atoms with Gasteiger partial charge in [-0.1, -0.05) is 13.8 Å². The summed E-state index contributed by atoms with van der Waals surface area (Å²) in [4.78, 5) is 2.49. The number of hydrogen-bond donors (Lipinski definition) is 1. The highest BCUT2D eigenvalue weighted by molar-refractivity contribution is 4.80. The molecule has 1 aliphatic heterocycles. The molecule has 16 heavy (non-hydrogen) atoms. The Balaban J connectivity index is 2.31. The lowest BCUT2D eigenvalue weighted by Gasteiger charge is -2.37. The van der Waals surface area contributed by atoms with Gasteiger partial charge in [0.1, 0.15) is 0 Å². The average Bonchev–Trinajstić information content (AvgIpc) is 2.32. The monoisotopic (exact) mass is 229 g/mol. The van der Waals surface area contributed by atoms with Crippen molar-refractivity contribution in [2.45, 2.75) is 33.1 Å². The van der Waals surface area contributed by atoms with E-state index < -0.39 is 0 Å². The highest BCUT2D eigenvalue weighted by Crippen LogP contribution is 2.25. The van der Waals surface area contributed by atoms with Crippen LogP contribution in [0, 0.1) is 11.3 Å². The van der Waals surface area contributed by atoms with E-state index in [1.165, 1.54) is 12.8 Å². The maximum atomic E-state index is 9.41. The Bertz CT molecular complexity index is 184. The van der Waals surface area contributed by atoms with Gasteiger partial charge in [-0.25, -0.2) is 0 Å². The highest BCUT2D eigenvalue weighted by atomic mass is 16.5. The summed E-state index contributed by atoms with van der Waals surface area (Å²) < 4.78 is 5.20. The number of piperidine rings is 1. The van der Waals surface area contributed by atoms with Gasteiger partial charge in [-0.15, -0.1) is 0 Å². The van der Waals surface area contributed by atoms with Gasteiger partial charge in [-0.05, 0) is 38.3 Å². The smallest absolute Gasteiger partial charge is 0.0496 e. The minimum absolute atomic E-state index is 0.0775. The fourth-order valence-corrected chi connectivity index (χ4v) is 2.36. The normalized spacial score (nSPS) is 23.2. The van der Waals surface area contributed by atoms with Gasteiger partial charge in [0.05, 0.1) is 0 Å². The van der Waals surface area contributed by atoms with Gasteiger partial charge in [-0.2, -0.15) is 0 Å². The van der Waals surface area contributed by atoms with Crippen molar-refractivity contribution < 1.29 is 9.84 Å². The molecule has 1 aliphatic rings. The Hall–Kier alpha value is -0.120. The third-order valence-electron chi connectivity index (χ3n) is 3.95. The maximum Gasteiger partial charge on any atom is 0.0496 e. The Labute approximate surface area is 99.8 Å². The number of aliphatic hydroxyl groups excluding tert-OH is 1. The maximum absolute atomic E-state index is 9.41. The Morgan fingerprint density at radius 1 is 1.38 bits per heavy atom. The molecule has 1 unspecified atom stereocenters. The van der Waals surface area contributed by atoms with Gasteiger partial charge in [0.25, 0.3) is 0 Å². The molecule has 0 aromatic carbocycles. The van der Waals surface area contributed by atoms with Crippen LogP contribution in [0.1, 0.15) is 33.1 Å². The van der Waals surface area contributed by atoms with Crippen LogP contribution in [0.15, 0.2) is 0 Å². The van der Waals surface area contributed by atoms with Gasteiger partial charge in [0.15, 0.2) is 0 Å². The molecule has 3 heteroatoms. The van der Waals surface area contributed by atoms with Crippen molar-refractivity contribution in [3.63, 3.8) is 0 Å². The van der Waals surface area contributed by atoms with E-state index in [-0.39, 0.29) is 5.41 Å². The largest absolute Gasteiger partial charge is 0.396 e. The Morgan fingerprint density at radius 2 is 2.00 bits per heavy atom. The summed E-state index contributed by atoms with van der Waals surface area (Å²) in [6, 6.07) is 0. The number of rotatable bonds is 6. The quantitative estimate of drug-likeness (QED) is 0.753. The number of methoxy groups -OCH3 is 1. The van der Waals surface area contributed by atoms with Crippen molar-refractivity contribution >= 4 is 0 Å². The average molecular weight is 229 g/mol. The van der Waals surface area contributed by atoms with E-state index in [0.717, 1.165) is 38.6 Å². The van der Waals surface area contributed by atoms with Crippen LogP contribution in [-0.4, -0.2) is 50.0 Å². The van der Waals surface area contributed by atoms with Gasteiger partial charge in [0, 0.05) is 32.3 Å². The predicted molar refractivity (Wildman–Crippen MR) is 66.5 cm³/mol. The van der Waals surface area contributed by atoms with Crippen molar-refractivity contribution in [2.24, 2.45) is 11.3 Å². The van der Waals surface area contributed by atoms with E-state index in [4.69, 9.17) is 4.74 Å². The molecule has 0 bridgehead atoms. The van der Waals surface area contributed by atoms with E-state index >= 15 is 0 Å². The molecule has 96 valence electrons. The summed E-state index contributed by atoms with van der Waals surface area (Å²) in [6.45, 7) is 8.87. The fourth-order valence-electron chi connectivity index (χ4n) is 2.36. The molecule has 1 rings (SSSR count). The molecule has 0 aromatic heterocycles. The summed E-state index contributed by atoms with van der Waals surface area (Å²) in [7, 11) is 1.78. The van der Waals surface area contributed by atoms with Crippen molar-refractivity contribution in [1.29, 1.82) is 0 Å². The molecule has 3 nitrogen and oxygen atoms in total. The van der Waals surface area contributed by atoms with E-state index in [1.807, 2.05) is 0 Å². The number of aliphatic hydroxyl groups is 1. The molecule has 0 radical (unpaired) electrons. The highest BCUT2D eigenvalue weighted by Gasteiger charge is 2.27. The topological polar surface area (TPSA) is 32.7 Å². The number of hydrogen-bond acceptors (Lipinski definition) is 3. The third-order valence-corrected chi connectivity index (χ3v) is 3.95. The van der Waals surface area contributed by atoms with Gasteiger partial charge >= 0.3 is 0 Å². The van der Waals surface area contributed by atoms with Crippen LogP contribution in [0.2, 0.25) is 0 Å². The molecule has 1 N–H and O–H groups in total. The van der Waals surface area contributed by atoms with Crippen LogP contribution in [0.25, 0.3) is 0 Å². The van der Waals surface area contributed by atoms with E-state index in [0.29, 0.717) is 6.61 Å². The zero-order valence-corrected chi connectivity index (χ0v) is 11.0. The molecule has 0 aliphatic carbocycles. The second-order valence-corrected chi connectivity index (χ2v) is 5.50. The molecular formula is C13H27NO2. The molecule has 0 saturated carbocycles. The molecule has 1 atom stereocenters. The first kappa shape index (κ1) is 13.9. The first-order valence-electron chi connectivity index (χ1n) is 6.45. The van der Waals surface area contributed by atoms with E-state index in [1.54, 1.807) is 7.11 Å². The second kappa shape index (κ2) is 6.58. The van der Waals surface area contributed by atoms with Crippen molar-refractivity contribution in [2.75, 3.05) is 40.0 Å². The van der Waals surface area contributed by atoms with Crippen LogP contribution in [0.5, 0.6) is 0 Å². The second-order valence-electron chi connectivity index (χ2n) is 5.50. The zero-order valence-electron chi connectivity index (χ0n) is 11.0. The van der Waals surface area contributed by atoms with Crippen molar-refractivity contribution in [3.8, 4) is 0 Å². The van der Waals surface area contributed by atoms with Crippen LogP contribution < -0.4 is 0 Å². The summed E-state index contributed by atoms with van der Waals surface area (Å²) in [6.07, 6.45) is 3.51. The summed E-state index contributed by atoms with van der Waals surface area (Å²) >= 11 is 0. The number of ether oxygens (including phenoxy) is 1. The van der Waals surface area contributed by atoms with Gasteiger partial charge in [0.2, 0.25) is 0 Å². The minimum atomic E-state index is 0.0775. The fraction of sp³-hybridized carbons (Fsp3) is 1.00. The molecule has 1 fully saturated rings. The van der Waals surface area contributed by atoms with Crippen molar-refractivity contribution in [1.82, 2.24) is 4.90 Å². The molecule has 0 amide bonds. The number of likely N-dealkylation sites (tertiary alicyclic amines) is 1. The lowest BCUT2D eigenvalue weighted by Crippen LogP contribution is -2.42. The Kier molecular flexibility index (Phi) is 5.73. The standard InChI is InChI=1S/C13H27NO2/c1-4-13(2,11-15)10-14-7-5-12(6-8-14)9-16-3/h12,15H,4-11H2,1-3H3. The SMILES string of the molecule is CCC(C)(CO)CN1CCC(COC)CC1. The first-order chi connectivity index (χ1) is 7.63. The van der Waals surface area contributed by atoms with Gasteiger partial charge in [-0.3, -0.25) is 0 Å². The van der Waals surface area contributed by atoms with Gasteiger partial charge < -0.3 is 14.7 Å². The molecule has 1 heterocycles. The van der Waals surface area contributed by atoms with Crippen LogP contribution in [-0.2, 0) is 4.74 Å². The zero-order chi connectivity index (χ0) is 12.0. The summed E-state index contributed by atoms with van der Waals surface area (Å²) in [5, 5.41) is 9.41. The lowest BCUT2D eigenvalue weighted by molar-refractivity contribution is 0.0507. The third kappa shape index (κ3) is 4.04. The lowest BCUT2D eigenvalue weighted by atomic mass is 9.86. The number of nitrogens with zero attached hydrogens (tertiary/aromatic N) is 1. The van der Waals surface area contributed by atoms with Crippen molar-refractivity contribution in [3.05, 3.63) is 0 Å². The molecule has 1 saturated heterocycles. The minimum Gasteiger partial charge on any atom is -0.396 e. The molecular weight excluding hydrogens is 202 g/mol. The Morgan fingerprint density at radius 3 is 2.44 bits per heavy atom. The van der Waals surface area contributed by atoms with Crippen LogP contribution in [0.3, 0.4) is 0 Å². The first-order valence-corrected chi connectivity index (χ1v) is 6.45. The van der Waals surface area contributed by atoms with Crippen LogP contribution >= 0.6 is 0 Å². The molecule has 0 aromatic rings.